The number of fused-ring (bicyclic) bond motifs is 1. The van der Waals surface area contributed by atoms with E-state index in [4.69, 9.17) is 0 Å². The number of benzene rings is 2. The maximum absolute atomic E-state index is 13.5. The van der Waals surface area contributed by atoms with Gasteiger partial charge >= 0.3 is 5.97 Å². The van der Waals surface area contributed by atoms with Crippen molar-refractivity contribution in [2.45, 2.75) is 19.9 Å². The zero-order valence-electron chi connectivity index (χ0n) is 14.4. The fourth-order valence-corrected chi connectivity index (χ4v) is 3.66. The number of hydrogen-bond donors (Lipinski definition) is 0. The second-order valence-electron chi connectivity index (χ2n) is 5.76. The van der Waals surface area contributed by atoms with Gasteiger partial charge in [-0.25, -0.2) is 4.39 Å². The van der Waals surface area contributed by atoms with Gasteiger partial charge in [-0.1, -0.05) is 29.0 Å². The fourth-order valence-electron chi connectivity index (χ4n) is 2.58. The lowest BCUT2D eigenvalue weighted by Gasteiger charge is -2.04. The predicted molar refractivity (Wildman–Crippen MR) is 97.5 cm³/mol. The molecule has 7 heteroatoms. The van der Waals surface area contributed by atoms with Crippen molar-refractivity contribution in [1.82, 2.24) is 4.57 Å². The molecule has 0 atom stereocenters. The van der Waals surface area contributed by atoms with E-state index in [0.29, 0.717) is 15.1 Å². The second kappa shape index (κ2) is 7.61. The molecule has 0 N–H and O–H groups in total. The van der Waals surface area contributed by atoms with E-state index in [2.05, 4.69) is 9.73 Å². The highest BCUT2D eigenvalue weighted by Crippen LogP contribution is 2.19. The van der Waals surface area contributed by atoms with Crippen LogP contribution in [0.3, 0.4) is 0 Å². The molecule has 3 rings (SSSR count). The van der Waals surface area contributed by atoms with Crippen LogP contribution in [-0.4, -0.2) is 23.6 Å². The minimum absolute atomic E-state index is 0.130. The number of rotatable bonds is 4. The van der Waals surface area contributed by atoms with Crippen LogP contribution in [0, 0.1) is 12.7 Å². The summed E-state index contributed by atoms with van der Waals surface area (Å²) in [6.45, 7) is 2.19. The lowest BCUT2D eigenvalue weighted by atomic mass is 10.1. The molecule has 1 amide bonds. The molecule has 0 aliphatic rings. The normalized spacial score (nSPS) is 11.7. The molecule has 0 saturated carbocycles. The van der Waals surface area contributed by atoms with Gasteiger partial charge in [0.05, 0.1) is 23.7 Å². The first-order valence-electron chi connectivity index (χ1n) is 7.99. The zero-order valence-corrected chi connectivity index (χ0v) is 15.2. The predicted octanol–water partition coefficient (Wildman–Crippen LogP) is 3.45. The van der Waals surface area contributed by atoms with Crippen molar-refractivity contribution in [3.05, 3.63) is 64.2 Å². The number of aromatic nitrogens is 1. The minimum Gasteiger partial charge on any atom is -0.469 e. The molecule has 3 aromatic rings. The van der Waals surface area contributed by atoms with Gasteiger partial charge in [-0.3, -0.25) is 9.59 Å². The van der Waals surface area contributed by atoms with E-state index in [1.807, 2.05) is 13.0 Å². The summed E-state index contributed by atoms with van der Waals surface area (Å²) in [6, 6.07) is 11.5. The van der Waals surface area contributed by atoms with Gasteiger partial charge in [0.1, 0.15) is 5.82 Å². The van der Waals surface area contributed by atoms with Crippen LogP contribution in [0.1, 0.15) is 22.3 Å². The van der Waals surface area contributed by atoms with Crippen molar-refractivity contribution in [2.24, 2.45) is 4.99 Å². The van der Waals surface area contributed by atoms with Crippen molar-refractivity contribution in [1.29, 1.82) is 0 Å². The molecule has 1 heterocycles. The van der Waals surface area contributed by atoms with Crippen molar-refractivity contribution >= 4 is 33.4 Å². The SMILES string of the molecule is COC(=O)CCn1c(=NC(=O)c2cccc(C)c2)sc2cc(F)ccc21. The van der Waals surface area contributed by atoms with Gasteiger partial charge in [0, 0.05) is 12.1 Å². The van der Waals surface area contributed by atoms with Crippen molar-refractivity contribution < 1.29 is 18.7 Å². The minimum atomic E-state index is -0.382. The van der Waals surface area contributed by atoms with E-state index in [-0.39, 0.29) is 30.7 Å². The molecule has 0 spiro atoms. The number of thiazole rings is 1. The number of carbonyl (C=O) groups is 2. The Morgan fingerprint density at radius 2 is 2.04 bits per heavy atom. The Morgan fingerprint density at radius 1 is 1.23 bits per heavy atom. The highest BCUT2D eigenvalue weighted by Gasteiger charge is 2.12. The average molecular weight is 372 g/mol. The Balaban J connectivity index is 2.08. The van der Waals surface area contributed by atoms with Crippen LogP contribution in [0.15, 0.2) is 47.5 Å². The summed E-state index contributed by atoms with van der Waals surface area (Å²) >= 11 is 1.21. The molecule has 26 heavy (non-hydrogen) atoms. The summed E-state index contributed by atoms with van der Waals surface area (Å²) in [5.41, 5.74) is 2.16. The summed E-state index contributed by atoms with van der Waals surface area (Å²) in [5.74, 6) is -1.11. The van der Waals surface area contributed by atoms with Gasteiger partial charge in [-0.15, -0.1) is 0 Å². The highest BCUT2D eigenvalue weighted by atomic mass is 32.1. The Morgan fingerprint density at radius 3 is 2.77 bits per heavy atom. The summed E-state index contributed by atoms with van der Waals surface area (Å²) in [6.07, 6.45) is 0.130. The summed E-state index contributed by atoms with van der Waals surface area (Å²) in [5, 5.41) is 0. The maximum Gasteiger partial charge on any atom is 0.307 e. The Hall–Kier alpha value is -2.80. The summed E-state index contributed by atoms with van der Waals surface area (Å²) < 4.78 is 20.6. The first kappa shape index (κ1) is 18.0. The molecule has 0 unspecified atom stereocenters. The van der Waals surface area contributed by atoms with Gasteiger partial charge < -0.3 is 9.30 Å². The van der Waals surface area contributed by atoms with E-state index in [9.17, 15) is 14.0 Å². The van der Waals surface area contributed by atoms with Crippen molar-refractivity contribution in [3.8, 4) is 0 Å². The van der Waals surface area contributed by atoms with Crippen LogP contribution in [0.4, 0.5) is 4.39 Å². The van der Waals surface area contributed by atoms with E-state index >= 15 is 0 Å². The number of ether oxygens (including phenoxy) is 1. The van der Waals surface area contributed by atoms with Crippen molar-refractivity contribution in [3.63, 3.8) is 0 Å². The van der Waals surface area contributed by atoms with Gasteiger partial charge in [0.15, 0.2) is 4.80 Å². The third-order valence-corrected chi connectivity index (χ3v) is 4.92. The monoisotopic (exact) mass is 372 g/mol. The Kier molecular flexibility index (Phi) is 5.27. The number of carbonyl (C=O) groups excluding carboxylic acids is 2. The second-order valence-corrected chi connectivity index (χ2v) is 6.77. The molecule has 5 nitrogen and oxygen atoms in total. The number of methoxy groups -OCH3 is 1. The van der Waals surface area contributed by atoms with Crippen LogP contribution < -0.4 is 4.80 Å². The molecule has 2 aromatic carbocycles. The molecular formula is C19H17FN2O3S. The molecule has 0 fully saturated rings. The first-order chi connectivity index (χ1) is 12.5. The van der Waals surface area contributed by atoms with Gasteiger partial charge in [-0.05, 0) is 37.3 Å². The summed E-state index contributed by atoms with van der Waals surface area (Å²) in [4.78, 5) is 28.6. The first-order valence-corrected chi connectivity index (χ1v) is 8.81. The Labute approximate surface area is 153 Å². The molecule has 1 aromatic heterocycles. The fraction of sp³-hybridized carbons (Fsp3) is 0.211. The zero-order chi connectivity index (χ0) is 18.7. The molecule has 0 aliphatic carbocycles. The smallest absolute Gasteiger partial charge is 0.307 e. The van der Waals surface area contributed by atoms with Crippen LogP contribution in [0.5, 0.6) is 0 Å². The van der Waals surface area contributed by atoms with Crippen molar-refractivity contribution in [2.75, 3.05) is 7.11 Å². The quantitative estimate of drug-likeness (QED) is 0.659. The number of nitrogens with zero attached hydrogens (tertiary/aromatic N) is 2. The van der Waals surface area contributed by atoms with Gasteiger partial charge in [0.25, 0.3) is 5.91 Å². The van der Waals surface area contributed by atoms with Crippen LogP contribution in [0.2, 0.25) is 0 Å². The third-order valence-electron chi connectivity index (χ3n) is 3.87. The number of halogens is 1. The number of amides is 1. The average Bonchev–Trinajstić information content (AvgIpc) is 2.95. The standard InChI is InChI=1S/C19H17FN2O3S/c1-12-4-3-5-13(10-12)18(24)21-19-22(9-8-17(23)25-2)15-7-6-14(20)11-16(15)26-19/h3-7,10-11H,8-9H2,1-2H3. The van der Waals surface area contributed by atoms with E-state index in [1.165, 1.54) is 30.6 Å². The third kappa shape index (κ3) is 3.88. The number of aryl methyl sites for hydroxylation is 2. The van der Waals surface area contributed by atoms with E-state index in [0.717, 1.165) is 11.1 Å². The lowest BCUT2D eigenvalue weighted by Crippen LogP contribution is -2.19. The van der Waals surface area contributed by atoms with E-state index in [1.54, 1.807) is 28.8 Å². The van der Waals surface area contributed by atoms with Crippen LogP contribution >= 0.6 is 11.3 Å². The highest BCUT2D eigenvalue weighted by molar-refractivity contribution is 7.16. The molecular weight excluding hydrogens is 355 g/mol. The largest absolute Gasteiger partial charge is 0.469 e. The maximum atomic E-state index is 13.5. The molecule has 0 radical (unpaired) electrons. The topological polar surface area (TPSA) is 60.7 Å². The molecule has 0 aliphatic heterocycles. The number of hydrogen-bond acceptors (Lipinski definition) is 4. The van der Waals surface area contributed by atoms with Crippen LogP contribution in [0.25, 0.3) is 10.2 Å². The Bertz CT molecular complexity index is 1050. The van der Waals surface area contributed by atoms with Gasteiger partial charge in [0.2, 0.25) is 0 Å². The molecule has 134 valence electrons. The molecule has 0 bridgehead atoms. The lowest BCUT2D eigenvalue weighted by molar-refractivity contribution is -0.140. The van der Waals surface area contributed by atoms with E-state index < -0.39 is 0 Å². The number of esters is 1. The van der Waals surface area contributed by atoms with Gasteiger partial charge in [-0.2, -0.15) is 4.99 Å². The van der Waals surface area contributed by atoms with Crippen LogP contribution in [-0.2, 0) is 16.1 Å². The molecule has 0 saturated heterocycles. The summed E-state index contributed by atoms with van der Waals surface area (Å²) in [7, 11) is 1.32.